The number of hydrogen-bond donors (Lipinski definition) is 2. The summed E-state index contributed by atoms with van der Waals surface area (Å²) in [5.74, 6) is -0.739. The van der Waals surface area contributed by atoms with Gasteiger partial charge in [-0.15, -0.1) is 0 Å². The smallest absolute Gasteiger partial charge is 0.269 e. The summed E-state index contributed by atoms with van der Waals surface area (Å²) in [4.78, 5) is 24.2. The van der Waals surface area contributed by atoms with E-state index >= 15 is 0 Å². The van der Waals surface area contributed by atoms with Crippen LogP contribution in [0.15, 0.2) is 53.4 Å². The van der Waals surface area contributed by atoms with Crippen molar-refractivity contribution in [2.45, 2.75) is 11.3 Å². The van der Waals surface area contributed by atoms with E-state index in [9.17, 15) is 18.0 Å². The third kappa shape index (κ3) is 5.15. The second-order valence-corrected chi connectivity index (χ2v) is 8.45. The van der Waals surface area contributed by atoms with E-state index < -0.39 is 21.8 Å². The maximum absolute atomic E-state index is 13.0. The maximum Gasteiger partial charge on any atom is 0.269 e. The maximum atomic E-state index is 13.0. The Labute approximate surface area is 175 Å². The van der Waals surface area contributed by atoms with Gasteiger partial charge in [0, 0.05) is 18.7 Å². The Morgan fingerprint density at radius 2 is 1.77 bits per heavy atom. The van der Waals surface area contributed by atoms with Crippen LogP contribution in [0.1, 0.15) is 15.9 Å². The third-order valence-electron chi connectivity index (χ3n) is 4.53. The molecule has 0 aromatic heterocycles. The molecule has 1 fully saturated rings. The number of amides is 2. The van der Waals surface area contributed by atoms with Crippen LogP contribution in [0.5, 0.6) is 5.75 Å². The van der Waals surface area contributed by atoms with Crippen LogP contribution >= 0.6 is 0 Å². The van der Waals surface area contributed by atoms with E-state index in [0.29, 0.717) is 24.3 Å². The van der Waals surface area contributed by atoms with Crippen molar-refractivity contribution >= 4 is 21.8 Å². The average Bonchev–Trinajstić information content (AvgIpc) is 2.78. The van der Waals surface area contributed by atoms with Crippen molar-refractivity contribution < 1.29 is 27.5 Å². The minimum Gasteiger partial charge on any atom is -0.495 e. The number of morpholine rings is 1. The van der Waals surface area contributed by atoms with Crippen molar-refractivity contribution in [1.29, 1.82) is 0 Å². The van der Waals surface area contributed by atoms with Crippen molar-refractivity contribution in [3.63, 3.8) is 0 Å². The van der Waals surface area contributed by atoms with Crippen molar-refractivity contribution in [1.82, 2.24) is 15.2 Å². The van der Waals surface area contributed by atoms with Gasteiger partial charge in [-0.1, -0.05) is 24.3 Å². The fourth-order valence-electron chi connectivity index (χ4n) is 2.98. The topological polar surface area (TPSA) is 114 Å². The highest BCUT2D eigenvalue weighted by molar-refractivity contribution is 7.89. The lowest BCUT2D eigenvalue weighted by Crippen LogP contribution is -2.42. The summed E-state index contributed by atoms with van der Waals surface area (Å²) in [7, 11) is -2.41. The Kier molecular flexibility index (Phi) is 7.03. The first-order chi connectivity index (χ1) is 14.4. The minimum atomic E-state index is -3.80. The lowest BCUT2D eigenvalue weighted by atomic mass is 10.1. The first-order valence-corrected chi connectivity index (χ1v) is 10.7. The monoisotopic (exact) mass is 433 g/mol. The molecule has 2 amide bonds. The van der Waals surface area contributed by atoms with Crippen molar-refractivity contribution in [3.8, 4) is 5.75 Å². The molecule has 0 radical (unpaired) electrons. The zero-order chi connectivity index (χ0) is 21.6. The number of hydrogen-bond acceptors (Lipinski definition) is 6. The molecule has 2 aromatic rings. The van der Waals surface area contributed by atoms with Crippen LogP contribution in [0.25, 0.3) is 0 Å². The number of sulfonamides is 1. The van der Waals surface area contributed by atoms with Gasteiger partial charge in [0.05, 0.1) is 26.7 Å². The molecule has 0 saturated carbocycles. The van der Waals surface area contributed by atoms with Gasteiger partial charge in [-0.25, -0.2) is 8.42 Å². The summed E-state index contributed by atoms with van der Waals surface area (Å²) in [6.07, 6.45) is -0.120. The minimum absolute atomic E-state index is 0.00878. The molecule has 0 bridgehead atoms. The number of carbonyl (C=O) groups is 2. The molecule has 1 aliphatic rings. The number of methoxy groups -OCH3 is 1. The van der Waals surface area contributed by atoms with Crippen LogP contribution in [0.4, 0.5) is 0 Å². The number of hydrazine groups is 1. The van der Waals surface area contributed by atoms with Gasteiger partial charge in [-0.05, 0) is 29.8 Å². The molecule has 10 heteroatoms. The molecule has 1 aliphatic heterocycles. The molecule has 0 aliphatic carbocycles. The van der Waals surface area contributed by atoms with E-state index in [4.69, 9.17) is 9.47 Å². The number of nitrogens with one attached hydrogen (secondary N) is 2. The quantitative estimate of drug-likeness (QED) is 0.649. The molecule has 0 unspecified atom stereocenters. The van der Waals surface area contributed by atoms with E-state index in [2.05, 4.69) is 10.9 Å². The first kappa shape index (κ1) is 21.8. The molecule has 0 atom stereocenters. The zero-order valence-electron chi connectivity index (χ0n) is 16.5. The normalized spacial score (nSPS) is 14.7. The van der Waals surface area contributed by atoms with Crippen molar-refractivity contribution in [2.24, 2.45) is 0 Å². The molecule has 1 heterocycles. The second kappa shape index (κ2) is 9.70. The molecular weight excluding hydrogens is 410 g/mol. The summed E-state index contributed by atoms with van der Waals surface area (Å²) in [6, 6.07) is 13.0. The Bertz CT molecular complexity index is 1000. The summed E-state index contributed by atoms with van der Waals surface area (Å²) in [5.41, 5.74) is 5.54. The highest BCUT2D eigenvalue weighted by Gasteiger charge is 2.29. The number of rotatable bonds is 6. The van der Waals surface area contributed by atoms with E-state index in [0.717, 1.165) is 0 Å². The van der Waals surface area contributed by atoms with Gasteiger partial charge >= 0.3 is 0 Å². The standard InChI is InChI=1S/C20H23N3O6S/c1-28-17-8-7-15(13-18(17)30(26,27)23-9-11-29-12-10-23)14-19(24)21-22-20(25)16-5-3-2-4-6-16/h2-8,13H,9-12,14H2,1H3,(H,21,24)(H,22,25). The Morgan fingerprint density at radius 1 is 1.07 bits per heavy atom. The fraction of sp³-hybridized carbons (Fsp3) is 0.300. The molecule has 2 N–H and O–H groups in total. The van der Waals surface area contributed by atoms with E-state index in [1.165, 1.54) is 23.5 Å². The number of nitrogens with zero attached hydrogens (tertiary/aromatic N) is 1. The molecule has 2 aromatic carbocycles. The Balaban J connectivity index is 1.70. The third-order valence-corrected chi connectivity index (χ3v) is 6.45. The van der Waals surface area contributed by atoms with Crippen LogP contribution in [-0.4, -0.2) is 58.0 Å². The number of ether oxygens (including phenoxy) is 2. The molecule has 30 heavy (non-hydrogen) atoms. The average molecular weight is 433 g/mol. The van der Waals surface area contributed by atoms with E-state index in [1.54, 1.807) is 36.4 Å². The van der Waals surface area contributed by atoms with E-state index in [1.807, 2.05) is 0 Å². The van der Waals surface area contributed by atoms with Crippen LogP contribution in [-0.2, 0) is 26.0 Å². The SMILES string of the molecule is COc1ccc(CC(=O)NNC(=O)c2ccccc2)cc1S(=O)(=O)N1CCOCC1. The largest absolute Gasteiger partial charge is 0.495 e. The van der Waals surface area contributed by atoms with Gasteiger partial charge in [-0.2, -0.15) is 4.31 Å². The fourth-order valence-corrected chi connectivity index (χ4v) is 4.59. The lowest BCUT2D eigenvalue weighted by Gasteiger charge is -2.26. The van der Waals surface area contributed by atoms with Gasteiger partial charge in [0.1, 0.15) is 10.6 Å². The first-order valence-electron chi connectivity index (χ1n) is 9.31. The van der Waals surface area contributed by atoms with Crippen molar-refractivity contribution in [3.05, 3.63) is 59.7 Å². The zero-order valence-corrected chi connectivity index (χ0v) is 17.3. The molecule has 1 saturated heterocycles. The summed E-state index contributed by atoms with van der Waals surface area (Å²) in [6.45, 7) is 1.15. The highest BCUT2D eigenvalue weighted by atomic mass is 32.2. The molecule has 3 rings (SSSR count). The number of carbonyl (C=O) groups excluding carboxylic acids is 2. The van der Waals surface area contributed by atoms with Gasteiger partial charge < -0.3 is 9.47 Å². The summed E-state index contributed by atoms with van der Waals surface area (Å²) < 4.78 is 37.8. The van der Waals surface area contributed by atoms with Crippen LogP contribution in [0, 0.1) is 0 Å². The molecule has 0 spiro atoms. The Morgan fingerprint density at radius 3 is 2.43 bits per heavy atom. The van der Waals surface area contributed by atoms with Gasteiger partial charge in [0.2, 0.25) is 15.9 Å². The Hall–Kier alpha value is -2.95. The number of benzene rings is 2. The molecule has 160 valence electrons. The lowest BCUT2D eigenvalue weighted by molar-refractivity contribution is -0.121. The molecule has 9 nitrogen and oxygen atoms in total. The molecular formula is C20H23N3O6S. The summed E-state index contributed by atoms with van der Waals surface area (Å²) >= 11 is 0. The second-order valence-electron chi connectivity index (χ2n) is 6.55. The van der Waals surface area contributed by atoms with Crippen LogP contribution in [0.2, 0.25) is 0 Å². The predicted octanol–water partition coefficient (Wildman–Crippen LogP) is 0.720. The van der Waals surface area contributed by atoms with E-state index in [-0.39, 0.29) is 30.2 Å². The summed E-state index contributed by atoms with van der Waals surface area (Å²) in [5, 5.41) is 0. The van der Waals surface area contributed by atoms with Gasteiger partial charge in [0.25, 0.3) is 5.91 Å². The van der Waals surface area contributed by atoms with Gasteiger partial charge in [0.15, 0.2) is 0 Å². The predicted molar refractivity (Wildman–Crippen MR) is 108 cm³/mol. The van der Waals surface area contributed by atoms with Crippen LogP contribution in [0.3, 0.4) is 0 Å². The van der Waals surface area contributed by atoms with Gasteiger partial charge in [-0.3, -0.25) is 20.4 Å². The van der Waals surface area contributed by atoms with Crippen LogP contribution < -0.4 is 15.6 Å². The van der Waals surface area contributed by atoms with Crippen molar-refractivity contribution in [2.75, 3.05) is 33.4 Å². The highest BCUT2D eigenvalue weighted by Crippen LogP contribution is 2.28.